The quantitative estimate of drug-likeness (QED) is 0.170. The molecule has 0 N–H and O–H groups in total. The van der Waals surface area contributed by atoms with Crippen molar-refractivity contribution in [1.29, 1.82) is 0 Å². The van der Waals surface area contributed by atoms with Crippen molar-refractivity contribution in [2.75, 3.05) is 0 Å². The van der Waals surface area contributed by atoms with Gasteiger partial charge in [0.25, 0.3) is 0 Å². The van der Waals surface area contributed by atoms with Crippen LogP contribution in [0, 0.1) is 0 Å². The zero-order chi connectivity index (χ0) is 37.2. The molecule has 264 valence electrons. The van der Waals surface area contributed by atoms with Gasteiger partial charge in [0.05, 0.1) is 16.7 Å². The Balaban J connectivity index is 1.13. The summed E-state index contributed by atoms with van der Waals surface area (Å²) in [5.41, 5.74) is 11.5. The Morgan fingerprint density at radius 1 is 0.298 bits per heavy atom. The molecule has 0 radical (unpaired) electrons. The van der Waals surface area contributed by atoms with Gasteiger partial charge >= 0.3 is 0 Å². The Morgan fingerprint density at radius 2 is 0.789 bits per heavy atom. The molecule has 3 heteroatoms. The maximum absolute atomic E-state index is 6.56. The standard InChI is InChI=1S/C54H31NO2/c1-2-12-35-32(11-1)23-26-39-38-13-3-4-14-40(38)50(31-45(35)39)55-48-27-24-33(36-17-9-19-43-41-15-5-7-21-51(41)56-53(36)43)29-46(48)47-30-34(25-28-49(47)55)37-18-10-20-44-42-16-6-8-22-52(42)57-54(37)44/h1-31H. The summed E-state index contributed by atoms with van der Waals surface area (Å²) in [7, 11) is 0. The highest BCUT2D eigenvalue weighted by Crippen LogP contribution is 2.44. The van der Waals surface area contributed by atoms with Crippen LogP contribution in [0.2, 0.25) is 0 Å². The van der Waals surface area contributed by atoms with Crippen molar-refractivity contribution in [1.82, 2.24) is 4.57 Å². The number of rotatable bonds is 3. The lowest BCUT2D eigenvalue weighted by Gasteiger charge is -2.16. The van der Waals surface area contributed by atoms with Gasteiger partial charge in [-0.1, -0.05) is 146 Å². The van der Waals surface area contributed by atoms with E-state index in [4.69, 9.17) is 8.83 Å². The van der Waals surface area contributed by atoms with Crippen molar-refractivity contribution in [2.24, 2.45) is 0 Å². The molecule has 0 bridgehead atoms. The first-order valence-electron chi connectivity index (χ1n) is 19.5. The fraction of sp³-hybridized carbons (Fsp3) is 0. The van der Waals surface area contributed by atoms with Gasteiger partial charge in [-0.25, -0.2) is 0 Å². The number of furan rings is 2. The molecule has 0 spiro atoms. The monoisotopic (exact) mass is 725 g/mol. The van der Waals surface area contributed by atoms with Crippen LogP contribution < -0.4 is 0 Å². The first-order chi connectivity index (χ1) is 28.3. The van der Waals surface area contributed by atoms with E-state index in [1.807, 2.05) is 12.1 Å². The number of hydrogen-bond acceptors (Lipinski definition) is 2. The lowest BCUT2D eigenvalue weighted by molar-refractivity contribution is 0.669. The predicted octanol–water partition coefficient (Wildman–Crippen LogP) is 15.4. The van der Waals surface area contributed by atoms with Crippen LogP contribution in [0.15, 0.2) is 197 Å². The first-order valence-corrected chi connectivity index (χ1v) is 19.5. The zero-order valence-electron chi connectivity index (χ0n) is 30.7. The topological polar surface area (TPSA) is 31.2 Å². The van der Waals surface area contributed by atoms with Gasteiger partial charge in [-0.3, -0.25) is 0 Å². The van der Waals surface area contributed by atoms with Crippen LogP contribution in [-0.2, 0) is 0 Å². The molecule has 0 aliphatic rings. The van der Waals surface area contributed by atoms with Gasteiger partial charge in [0.15, 0.2) is 0 Å². The minimum atomic E-state index is 0.901. The Bertz CT molecular complexity index is 3650. The van der Waals surface area contributed by atoms with Crippen LogP contribution in [0.4, 0.5) is 0 Å². The molecule has 10 aromatic carbocycles. The number of aromatic nitrogens is 1. The highest BCUT2D eigenvalue weighted by Gasteiger charge is 2.21. The van der Waals surface area contributed by atoms with E-state index in [9.17, 15) is 0 Å². The molecule has 13 aromatic rings. The molecule has 3 nitrogen and oxygen atoms in total. The maximum Gasteiger partial charge on any atom is 0.143 e. The van der Waals surface area contributed by atoms with Crippen LogP contribution in [0.1, 0.15) is 0 Å². The van der Waals surface area contributed by atoms with E-state index >= 15 is 0 Å². The molecular formula is C54H31NO2. The van der Waals surface area contributed by atoms with Crippen LogP contribution >= 0.6 is 0 Å². The van der Waals surface area contributed by atoms with Gasteiger partial charge in [0.2, 0.25) is 0 Å². The average Bonchev–Trinajstić information content (AvgIpc) is 3.95. The smallest absolute Gasteiger partial charge is 0.143 e. The summed E-state index contributed by atoms with van der Waals surface area (Å²) < 4.78 is 15.6. The third-order valence-electron chi connectivity index (χ3n) is 12.2. The second-order valence-corrected chi connectivity index (χ2v) is 15.2. The summed E-state index contributed by atoms with van der Waals surface area (Å²) in [6.07, 6.45) is 0. The Hall–Kier alpha value is -7.62. The summed E-state index contributed by atoms with van der Waals surface area (Å²) >= 11 is 0. The maximum atomic E-state index is 6.56. The summed E-state index contributed by atoms with van der Waals surface area (Å²) in [6, 6.07) is 67.9. The second kappa shape index (κ2) is 11.5. The van der Waals surface area contributed by atoms with Crippen molar-refractivity contribution < 1.29 is 8.83 Å². The van der Waals surface area contributed by atoms with E-state index in [-0.39, 0.29) is 0 Å². The minimum absolute atomic E-state index is 0.901. The van der Waals surface area contributed by atoms with Gasteiger partial charge < -0.3 is 13.4 Å². The zero-order valence-corrected chi connectivity index (χ0v) is 30.7. The first kappa shape index (κ1) is 30.7. The molecule has 0 fully saturated rings. The van der Waals surface area contributed by atoms with Gasteiger partial charge in [-0.15, -0.1) is 0 Å². The molecule has 13 rings (SSSR count). The number of hydrogen-bond donors (Lipinski definition) is 0. The Morgan fingerprint density at radius 3 is 1.40 bits per heavy atom. The van der Waals surface area contributed by atoms with Crippen molar-refractivity contribution >= 4 is 98.0 Å². The van der Waals surface area contributed by atoms with E-state index in [1.54, 1.807) is 0 Å². The lowest BCUT2D eigenvalue weighted by Crippen LogP contribution is -1.96. The van der Waals surface area contributed by atoms with Crippen LogP contribution in [-0.4, -0.2) is 4.57 Å². The van der Waals surface area contributed by atoms with Gasteiger partial charge in [-0.05, 0) is 80.5 Å². The molecule has 0 unspecified atom stereocenters. The number of nitrogens with zero attached hydrogens (tertiary/aromatic N) is 1. The highest BCUT2D eigenvalue weighted by atomic mass is 16.3. The molecular weight excluding hydrogens is 695 g/mol. The highest BCUT2D eigenvalue weighted by molar-refractivity contribution is 6.21. The lowest BCUT2D eigenvalue weighted by atomic mass is 9.95. The fourth-order valence-electron chi connectivity index (χ4n) is 9.59. The molecule has 0 amide bonds. The molecule has 0 aliphatic carbocycles. The van der Waals surface area contributed by atoms with Gasteiger partial charge in [-0.2, -0.15) is 0 Å². The van der Waals surface area contributed by atoms with Crippen molar-refractivity contribution in [2.45, 2.75) is 0 Å². The molecule has 0 saturated heterocycles. The Labute approximate surface area is 326 Å². The summed E-state index contributed by atoms with van der Waals surface area (Å²) in [5.74, 6) is 0. The van der Waals surface area contributed by atoms with E-state index in [2.05, 4.69) is 180 Å². The van der Waals surface area contributed by atoms with E-state index in [0.29, 0.717) is 0 Å². The molecule has 0 saturated carbocycles. The molecule has 0 aliphatic heterocycles. The van der Waals surface area contributed by atoms with Gasteiger partial charge in [0, 0.05) is 48.8 Å². The van der Waals surface area contributed by atoms with Crippen LogP contribution in [0.3, 0.4) is 0 Å². The third kappa shape index (κ3) is 4.31. The van der Waals surface area contributed by atoms with Crippen LogP contribution in [0.25, 0.3) is 126 Å². The average molecular weight is 726 g/mol. The molecule has 0 atom stereocenters. The Kier molecular flexibility index (Phi) is 6.16. The summed E-state index contributed by atoms with van der Waals surface area (Å²) in [4.78, 5) is 0. The fourth-order valence-corrected chi connectivity index (χ4v) is 9.59. The van der Waals surface area contributed by atoms with Gasteiger partial charge in [0.1, 0.15) is 22.3 Å². The number of para-hydroxylation sites is 4. The van der Waals surface area contributed by atoms with Crippen molar-refractivity contribution in [3.05, 3.63) is 188 Å². The summed E-state index contributed by atoms with van der Waals surface area (Å²) in [6.45, 7) is 0. The van der Waals surface area contributed by atoms with E-state index in [0.717, 1.165) is 82.9 Å². The summed E-state index contributed by atoms with van der Waals surface area (Å²) in [5, 5.41) is 14.3. The number of benzene rings is 10. The molecule has 3 aromatic heterocycles. The molecule has 3 heterocycles. The van der Waals surface area contributed by atoms with E-state index in [1.165, 1.54) is 43.1 Å². The minimum Gasteiger partial charge on any atom is -0.455 e. The molecule has 57 heavy (non-hydrogen) atoms. The number of fused-ring (bicyclic) bond motifs is 14. The van der Waals surface area contributed by atoms with E-state index < -0.39 is 0 Å². The SMILES string of the molecule is c1ccc2c(c1)ccc1c3ccccc3c(-n3c4ccc(-c5cccc6c5oc5ccccc56)cc4c4cc(-c5cccc6c5oc5ccccc56)ccc43)cc21. The van der Waals surface area contributed by atoms with Crippen LogP contribution in [0.5, 0.6) is 0 Å². The normalized spacial score (nSPS) is 12.2. The third-order valence-corrected chi connectivity index (χ3v) is 12.2. The largest absolute Gasteiger partial charge is 0.455 e. The second-order valence-electron chi connectivity index (χ2n) is 15.2. The van der Waals surface area contributed by atoms with Crippen molar-refractivity contribution in [3.8, 4) is 27.9 Å². The van der Waals surface area contributed by atoms with Crippen molar-refractivity contribution in [3.63, 3.8) is 0 Å². The predicted molar refractivity (Wildman–Crippen MR) is 239 cm³/mol.